The first-order valence-electron chi connectivity index (χ1n) is 5.79. The first-order chi connectivity index (χ1) is 9.24. The van der Waals surface area contributed by atoms with Crippen molar-refractivity contribution in [2.75, 3.05) is 5.73 Å². The lowest BCUT2D eigenvalue weighted by Crippen LogP contribution is -2.06. The first kappa shape index (κ1) is 11.4. The van der Waals surface area contributed by atoms with Crippen molar-refractivity contribution in [3.8, 4) is 5.88 Å². The van der Waals surface area contributed by atoms with Crippen molar-refractivity contribution in [3.63, 3.8) is 0 Å². The van der Waals surface area contributed by atoms with E-state index in [0.29, 0.717) is 17.0 Å². The van der Waals surface area contributed by atoms with Gasteiger partial charge in [-0.3, -0.25) is 0 Å². The van der Waals surface area contributed by atoms with Gasteiger partial charge in [-0.05, 0) is 12.5 Å². The number of aromatic amines is 1. The highest BCUT2D eigenvalue weighted by Crippen LogP contribution is 2.25. The van der Waals surface area contributed by atoms with Crippen molar-refractivity contribution in [2.24, 2.45) is 0 Å². The summed E-state index contributed by atoms with van der Waals surface area (Å²) in [6, 6.07) is 9.82. The second-order valence-corrected chi connectivity index (χ2v) is 4.05. The van der Waals surface area contributed by atoms with E-state index in [1.54, 1.807) is 0 Å². The van der Waals surface area contributed by atoms with Gasteiger partial charge in [0, 0.05) is 0 Å². The lowest BCUT2D eigenvalue weighted by atomic mass is 10.1. The number of ether oxygens (including phenoxy) is 1. The van der Waals surface area contributed by atoms with Gasteiger partial charge in [-0.2, -0.15) is 15.2 Å². The molecule has 0 saturated heterocycles. The quantitative estimate of drug-likeness (QED) is 0.735. The minimum atomic E-state index is -0.171. The Balaban J connectivity index is 1.95. The van der Waals surface area contributed by atoms with Crippen LogP contribution in [0.25, 0.3) is 11.2 Å². The highest BCUT2D eigenvalue weighted by molar-refractivity contribution is 5.75. The van der Waals surface area contributed by atoms with E-state index in [9.17, 15) is 0 Å². The SMILES string of the molecule is CC(Oc1nc(N)nc2n[nH]nc12)c1ccccc1. The zero-order chi connectivity index (χ0) is 13.2. The van der Waals surface area contributed by atoms with Crippen LogP contribution in [0.2, 0.25) is 0 Å². The predicted molar refractivity (Wildman–Crippen MR) is 69.4 cm³/mol. The van der Waals surface area contributed by atoms with Crippen LogP contribution in [0.4, 0.5) is 5.95 Å². The van der Waals surface area contributed by atoms with E-state index in [4.69, 9.17) is 10.5 Å². The van der Waals surface area contributed by atoms with Crippen LogP contribution >= 0.6 is 0 Å². The Morgan fingerprint density at radius 3 is 2.74 bits per heavy atom. The van der Waals surface area contributed by atoms with Crippen LogP contribution in [-0.2, 0) is 0 Å². The molecule has 3 rings (SSSR count). The second kappa shape index (κ2) is 4.52. The Bertz CT molecular complexity index is 696. The molecule has 0 bridgehead atoms. The lowest BCUT2D eigenvalue weighted by Gasteiger charge is -2.14. The molecule has 0 spiro atoms. The van der Waals surface area contributed by atoms with Crippen molar-refractivity contribution < 1.29 is 4.74 Å². The van der Waals surface area contributed by atoms with E-state index < -0.39 is 0 Å². The number of fused-ring (bicyclic) bond motifs is 1. The van der Waals surface area contributed by atoms with Gasteiger partial charge in [0.05, 0.1) is 0 Å². The largest absolute Gasteiger partial charge is 0.468 e. The average Bonchev–Trinajstić information content (AvgIpc) is 2.88. The Morgan fingerprint density at radius 2 is 1.95 bits per heavy atom. The van der Waals surface area contributed by atoms with Crippen LogP contribution in [0.15, 0.2) is 30.3 Å². The zero-order valence-electron chi connectivity index (χ0n) is 10.2. The van der Waals surface area contributed by atoms with Crippen molar-refractivity contribution in [2.45, 2.75) is 13.0 Å². The number of benzene rings is 1. The van der Waals surface area contributed by atoms with Crippen LogP contribution in [-0.4, -0.2) is 25.4 Å². The molecular weight excluding hydrogens is 244 g/mol. The standard InChI is InChI=1S/C12H12N6O/c1-7(8-5-3-2-4-6-8)19-11-9-10(17-18-16-9)14-12(13)15-11/h2-7H,1H3,(H3,13,14,15,16,17,18). The smallest absolute Gasteiger partial charge is 0.249 e. The van der Waals surface area contributed by atoms with Crippen LogP contribution in [0.5, 0.6) is 5.88 Å². The third kappa shape index (κ3) is 2.17. The number of nitrogens with two attached hydrogens (primary N) is 1. The zero-order valence-corrected chi connectivity index (χ0v) is 10.2. The molecule has 1 aromatic carbocycles. The summed E-state index contributed by atoms with van der Waals surface area (Å²) in [6.45, 7) is 1.93. The van der Waals surface area contributed by atoms with Gasteiger partial charge in [-0.25, -0.2) is 0 Å². The van der Waals surface area contributed by atoms with Crippen molar-refractivity contribution in [1.29, 1.82) is 0 Å². The first-order valence-corrected chi connectivity index (χ1v) is 5.79. The molecule has 3 aromatic rings. The molecule has 0 radical (unpaired) electrons. The van der Waals surface area contributed by atoms with E-state index in [1.807, 2.05) is 37.3 Å². The normalized spacial score (nSPS) is 12.5. The maximum absolute atomic E-state index is 5.80. The molecule has 0 saturated carbocycles. The number of nitrogen functional groups attached to an aromatic ring is 1. The average molecular weight is 256 g/mol. The third-order valence-electron chi connectivity index (χ3n) is 2.73. The Hall–Kier alpha value is -2.70. The van der Waals surface area contributed by atoms with Crippen molar-refractivity contribution in [1.82, 2.24) is 25.4 Å². The molecule has 0 amide bonds. The maximum Gasteiger partial charge on any atom is 0.249 e. The number of nitrogens with zero attached hydrogens (tertiary/aromatic N) is 4. The summed E-state index contributed by atoms with van der Waals surface area (Å²) in [4.78, 5) is 8.02. The fraction of sp³-hybridized carbons (Fsp3) is 0.167. The van der Waals surface area contributed by atoms with E-state index in [2.05, 4.69) is 25.4 Å². The highest BCUT2D eigenvalue weighted by atomic mass is 16.5. The number of hydrogen-bond donors (Lipinski definition) is 2. The summed E-state index contributed by atoms with van der Waals surface area (Å²) in [5.41, 5.74) is 7.51. The molecule has 1 atom stereocenters. The minimum absolute atomic E-state index is 0.108. The van der Waals surface area contributed by atoms with Crippen LogP contribution in [0, 0.1) is 0 Å². The molecule has 0 aliphatic heterocycles. The van der Waals surface area contributed by atoms with Crippen LogP contribution in [0.3, 0.4) is 0 Å². The number of nitrogens with one attached hydrogen (secondary N) is 1. The van der Waals surface area contributed by atoms with Gasteiger partial charge in [0.1, 0.15) is 6.10 Å². The van der Waals surface area contributed by atoms with Gasteiger partial charge in [-0.1, -0.05) is 30.3 Å². The van der Waals surface area contributed by atoms with Gasteiger partial charge < -0.3 is 10.5 Å². The van der Waals surface area contributed by atoms with Crippen LogP contribution < -0.4 is 10.5 Å². The van der Waals surface area contributed by atoms with Gasteiger partial charge in [0.15, 0.2) is 5.52 Å². The molecule has 2 heterocycles. The third-order valence-corrected chi connectivity index (χ3v) is 2.73. The molecule has 7 nitrogen and oxygen atoms in total. The Kier molecular flexibility index (Phi) is 2.71. The van der Waals surface area contributed by atoms with E-state index in [1.165, 1.54) is 0 Å². The topological polar surface area (TPSA) is 103 Å². The fourth-order valence-electron chi connectivity index (χ4n) is 1.78. The Morgan fingerprint density at radius 1 is 1.16 bits per heavy atom. The fourth-order valence-corrected chi connectivity index (χ4v) is 1.78. The maximum atomic E-state index is 5.80. The molecule has 0 aliphatic carbocycles. The summed E-state index contributed by atoms with van der Waals surface area (Å²) in [6.07, 6.45) is -0.171. The van der Waals surface area contributed by atoms with Crippen LogP contribution in [0.1, 0.15) is 18.6 Å². The molecular formula is C12H12N6O. The van der Waals surface area contributed by atoms with Crippen molar-refractivity contribution >= 4 is 17.1 Å². The molecule has 0 aliphatic rings. The van der Waals surface area contributed by atoms with E-state index >= 15 is 0 Å². The van der Waals surface area contributed by atoms with Gasteiger partial charge in [0.2, 0.25) is 17.5 Å². The molecule has 7 heteroatoms. The summed E-state index contributed by atoms with van der Waals surface area (Å²) < 4.78 is 5.80. The summed E-state index contributed by atoms with van der Waals surface area (Å²) in [5, 5.41) is 10.3. The molecule has 2 aromatic heterocycles. The number of hydrogen-bond acceptors (Lipinski definition) is 6. The van der Waals surface area contributed by atoms with Gasteiger partial charge in [0.25, 0.3) is 0 Å². The Labute approximate surface area is 108 Å². The van der Waals surface area contributed by atoms with Crippen molar-refractivity contribution in [3.05, 3.63) is 35.9 Å². The minimum Gasteiger partial charge on any atom is -0.468 e. The number of anilines is 1. The highest BCUT2D eigenvalue weighted by Gasteiger charge is 2.15. The predicted octanol–water partition coefficient (Wildman–Crippen LogP) is 1.47. The lowest BCUT2D eigenvalue weighted by molar-refractivity contribution is 0.220. The summed E-state index contributed by atoms with van der Waals surface area (Å²) in [7, 11) is 0. The molecule has 3 N–H and O–H groups in total. The summed E-state index contributed by atoms with van der Waals surface area (Å²) in [5.74, 6) is 0.435. The molecule has 1 unspecified atom stereocenters. The number of aromatic nitrogens is 5. The van der Waals surface area contributed by atoms with Gasteiger partial charge >= 0.3 is 0 Å². The van der Waals surface area contributed by atoms with Gasteiger partial charge in [-0.15, -0.1) is 10.2 Å². The van der Waals surface area contributed by atoms with E-state index in [0.717, 1.165) is 5.56 Å². The second-order valence-electron chi connectivity index (χ2n) is 4.05. The summed E-state index contributed by atoms with van der Waals surface area (Å²) >= 11 is 0. The molecule has 96 valence electrons. The number of H-pyrrole nitrogens is 1. The number of rotatable bonds is 3. The monoisotopic (exact) mass is 256 g/mol. The van der Waals surface area contributed by atoms with E-state index in [-0.39, 0.29) is 12.1 Å². The molecule has 19 heavy (non-hydrogen) atoms. The molecule has 0 fully saturated rings.